The molecule has 1 unspecified atom stereocenters. The molecule has 0 radical (unpaired) electrons. The topological polar surface area (TPSA) is 128 Å². The summed E-state index contributed by atoms with van der Waals surface area (Å²) in [7, 11) is -16.2. The lowest BCUT2D eigenvalue weighted by atomic mass is 10.3. The molecule has 0 saturated carbocycles. The highest BCUT2D eigenvalue weighted by Gasteiger charge is 2.49. The fourth-order valence-electron chi connectivity index (χ4n) is 1.57. The summed E-state index contributed by atoms with van der Waals surface area (Å²) in [5.41, 5.74) is -11.4. The molecular weight excluding hydrogens is 485 g/mol. The number of hydrogen-bond acceptors (Lipinski definition) is 9. The van der Waals surface area contributed by atoms with E-state index in [1.807, 2.05) is 0 Å². The van der Waals surface area contributed by atoms with Crippen LogP contribution >= 0.6 is 7.94 Å². The molecule has 1 rings (SSSR count). The molecule has 0 aromatic heterocycles. The minimum Gasteiger partial charge on any atom is -0.631 e. The van der Waals surface area contributed by atoms with Crippen molar-refractivity contribution in [2.75, 3.05) is 19.4 Å². The summed E-state index contributed by atoms with van der Waals surface area (Å²) in [6.45, 7) is 0.612. The van der Waals surface area contributed by atoms with Crippen molar-refractivity contribution in [3.8, 4) is 0 Å². The Bertz CT molecular complexity index is 823. The molecule has 0 spiro atoms. The molecule has 0 aliphatic carbocycles. The number of hydrogen-bond donors (Lipinski definition) is 0. The number of allylic oxidation sites excluding steroid dienone is 1. The molecule has 1 aliphatic heterocycles. The van der Waals surface area contributed by atoms with Crippen molar-refractivity contribution in [1.29, 1.82) is 0 Å². The molecule has 1 aliphatic rings. The van der Waals surface area contributed by atoms with E-state index in [-0.39, 0.29) is 0 Å². The summed E-state index contributed by atoms with van der Waals surface area (Å²) in [5.74, 6) is 0. The van der Waals surface area contributed by atoms with Crippen molar-refractivity contribution in [3.05, 3.63) is 24.8 Å². The van der Waals surface area contributed by atoms with Crippen LogP contribution in [0.15, 0.2) is 24.8 Å². The largest absolute Gasteiger partial charge is 0.631 e. The van der Waals surface area contributed by atoms with Gasteiger partial charge in [0.1, 0.15) is 31.6 Å². The molecule has 0 saturated heterocycles. The van der Waals surface area contributed by atoms with Crippen LogP contribution in [-0.2, 0) is 37.6 Å². The molecule has 0 amide bonds. The normalized spacial score (nSPS) is 25.0. The lowest BCUT2D eigenvalue weighted by Gasteiger charge is -2.33. The first kappa shape index (κ1) is 26.2. The van der Waals surface area contributed by atoms with E-state index in [4.69, 9.17) is 9.05 Å². The smallest absolute Gasteiger partial charge is 0.523 e. The van der Waals surface area contributed by atoms with E-state index < -0.39 is 70.8 Å². The van der Waals surface area contributed by atoms with Gasteiger partial charge in [0.05, 0.1) is 0 Å². The lowest BCUT2D eigenvalue weighted by Crippen LogP contribution is -2.35. The van der Waals surface area contributed by atoms with Gasteiger partial charge in [-0.25, -0.2) is 9.05 Å². The van der Waals surface area contributed by atoms with Crippen LogP contribution < -0.4 is 4.89 Å². The van der Waals surface area contributed by atoms with Crippen molar-refractivity contribution in [1.82, 2.24) is 0 Å². The molecule has 29 heavy (non-hydrogen) atoms. The number of halogens is 6. The van der Waals surface area contributed by atoms with Gasteiger partial charge in [0.15, 0.2) is 0 Å². The summed E-state index contributed by atoms with van der Waals surface area (Å²) in [6.07, 6.45) is -0.953. The second-order valence-corrected chi connectivity index (χ2v) is 10.3. The van der Waals surface area contributed by atoms with E-state index in [1.54, 1.807) is 0 Å². The SMILES string of the molecule is C=C[C@@H](COS(=O)(=O)C(F)(F)F)O[P+]1([O-])CC=C[C@@H](COS(=O)(=O)C(F)(F)F)O1. The number of alkyl halides is 6. The second kappa shape index (κ2) is 9.13. The first-order valence-corrected chi connectivity index (χ1v) is 11.6. The molecule has 0 fully saturated rings. The van der Waals surface area contributed by atoms with Crippen LogP contribution in [0.1, 0.15) is 0 Å². The van der Waals surface area contributed by atoms with Gasteiger partial charge < -0.3 is 4.89 Å². The van der Waals surface area contributed by atoms with Crippen molar-refractivity contribution in [2.24, 2.45) is 0 Å². The van der Waals surface area contributed by atoms with Gasteiger partial charge in [-0.3, -0.25) is 8.37 Å². The highest BCUT2D eigenvalue weighted by Crippen LogP contribution is 2.56. The van der Waals surface area contributed by atoms with Gasteiger partial charge in [-0.1, -0.05) is 6.08 Å². The molecule has 1 heterocycles. The standard InChI is InChI=1S/C11H13F6O9PS2/c1-2-8(6-23-28(19,20)10(12,13)14)25-27(18)5-3-4-9(26-27)7-24-29(21,22)11(15,16)17/h2-4,8-9H,1,5-7H2/t8-,9-,27?/m0/s1. The molecule has 0 bridgehead atoms. The van der Waals surface area contributed by atoms with Crippen molar-refractivity contribution in [3.63, 3.8) is 0 Å². The molecule has 18 heteroatoms. The van der Waals surface area contributed by atoms with E-state index >= 15 is 0 Å². The van der Waals surface area contributed by atoms with Crippen LogP contribution in [0.5, 0.6) is 0 Å². The first-order valence-electron chi connectivity index (χ1n) is 7.09. The van der Waals surface area contributed by atoms with Crippen LogP contribution in [0.2, 0.25) is 0 Å². The maximum Gasteiger partial charge on any atom is 0.523 e. The Morgan fingerprint density at radius 3 is 2.14 bits per heavy atom. The predicted molar refractivity (Wildman–Crippen MR) is 82.7 cm³/mol. The van der Waals surface area contributed by atoms with Crippen LogP contribution in [0, 0.1) is 0 Å². The molecule has 3 atom stereocenters. The fraction of sp³-hybridized carbons (Fsp3) is 0.636. The Balaban J connectivity index is 2.73. The van der Waals surface area contributed by atoms with Gasteiger partial charge in [0.2, 0.25) is 7.94 Å². The van der Waals surface area contributed by atoms with Crippen LogP contribution in [0.25, 0.3) is 0 Å². The van der Waals surface area contributed by atoms with Gasteiger partial charge in [0.25, 0.3) is 0 Å². The van der Waals surface area contributed by atoms with Gasteiger partial charge in [-0.05, 0) is 12.2 Å². The summed E-state index contributed by atoms with van der Waals surface area (Å²) in [5, 5.41) is 0. The van der Waals surface area contributed by atoms with Gasteiger partial charge >= 0.3 is 31.3 Å². The molecular formula is C11H13F6O9PS2. The molecule has 170 valence electrons. The zero-order chi connectivity index (χ0) is 22.7. The average molecular weight is 498 g/mol. The van der Waals surface area contributed by atoms with Gasteiger partial charge in [-0.15, -0.1) is 6.58 Å². The van der Waals surface area contributed by atoms with Crippen molar-refractivity contribution in [2.45, 2.75) is 23.2 Å². The fourth-order valence-corrected chi connectivity index (χ4v) is 4.17. The van der Waals surface area contributed by atoms with E-state index in [0.29, 0.717) is 0 Å². The maximum atomic E-state index is 12.5. The zero-order valence-electron chi connectivity index (χ0n) is 13.9. The van der Waals surface area contributed by atoms with Crippen LogP contribution in [-0.4, -0.2) is 59.4 Å². The molecule has 0 N–H and O–H groups in total. The Kier molecular flexibility index (Phi) is 8.26. The van der Waals surface area contributed by atoms with E-state index in [9.17, 15) is 48.1 Å². The predicted octanol–water partition coefficient (Wildman–Crippen LogP) is 1.37. The monoisotopic (exact) mass is 498 g/mol. The van der Waals surface area contributed by atoms with Gasteiger partial charge in [-0.2, -0.15) is 43.2 Å². The summed E-state index contributed by atoms with van der Waals surface area (Å²) >= 11 is 0. The van der Waals surface area contributed by atoms with E-state index in [1.165, 1.54) is 0 Å². The first-order chi connectivity index (χ1) is 12.9. The Labute approximate surface area is 161 Å². The molecule has 0 aromatic rings. The second-order valence-electron chi connectivity index (χ2n) is 5.11. The third kappa shape index (κ3) is 7.43. The third-order valence-corrected chi connectivity index (χ3v) is 6.75. The van der Waals surface area contributed by atoms with Crippen molar-refractivity contribution >= 4 is 28.2 Å². The molecule has 9 nitrogen and oxygen atoms in total. The zero-order valence-corrected chi connectivity index (χ0v) is 16.4. The summed E-state index contributed by atoms with van der Waals surface area (Å²) in [6, 6.07) is 0. The van der Waals surface area contributed by atoms with E-state index in [0.717, 1.165) is 18.2 Å². The summed E-state index contributed by atoms with van der Waals surface area (Å²) < 4.78 is 134. The quantitative estimate of drug-likeness (QED) is 0.152. The Morgan fingerprint density at radius 1 is 1.14 bits per heavy atom. The Morgan fingerprint density at radius 2 is 1.66 bits per heavy atom. The number of rotatable bonds is 9. The van der Waals surface area contributed by atoms with E-state index in [2.05, 4.69) is 14.9 Å². The highest BCUT2D eigenvalue weighted by atomic mass is 32.2. The lowest BCUT2D eigenvalue weighted by molar-refractivity contribution is -0.225. The van der Waals surface area contributed by atoms with Crippen molar-refractivity contribution < 1.29 is 65.5 Å². The minimum absolute atomic E-state index is 0.508. The van der Waals surface area contributed by atoms with Crippen LogP contribution in [0.4, 0.5) is 26.3 Å². The average Bonchev–Trinajstić information content (AvgIpc) is 2.55. The Hall–Kier alpha value is -0.810. The minimum atomic E-state index is -5.98. The molecule has 0 aromatic carbocycles. The van der Waals surface area contributed by atoms with Gasteiger partial charge in [0, 0.05) is 0 Å². The third-order valence-electron chi connectivity index (χ3n) is 2.88. The summed E-state index contributed by atoms with van der Waals surface area (Å²) in [4.78, 5) is 12.5. The van der Waals surface area contributed by atoms with Crippen LogP contribution in [0.3, 0.4) is 0 Å². The maximum absolute atomic E-state index is 12.5. The highest BCUT2D eigenvalue weighted by molar-refractivity contribution is 7.87.